The molecule has 3 heteroatoms. The molecule has 1 aliphatic rings. The van der Waals surface area contributed by atoms with Crippen LogP contribution in [0.15, 0.2) is 72.9 Å². The lowest BCUT2D eigenvalue weighted by Gasteiger charge is -2.19. The minimum absolute atomic E-state index is 0.210. The predicted molar refractivity (Wildman–Crippen MR) is 124 cm³/mol. The highest BCUT2D eigenvalue weighted by molar-refractivity contribution is 5.72. The quantitative estimate of drug-likeness (QED) is 0.286. The minimum atomic E-state index is -0.210. The summed E-state index contributed by atoms with van der Waals surface area (Å²) in [6.45, 7) is 9.88. The van der Waals surface area contributed by atoms with Crippen molar-refractivity contribution in [2.45, 2.75) is 46.1 Å². The molecule has 1 aliphatic heterocycles. The molecule has 0 radical (unpaired) electrons. The molecular formula is C28H28FN2+. The van der Waals surface area contributed by atoms with E-state index in [2.05, 4.69) is 85.5 Å². The van der Waals surface area contributed by atoms with Gasteiger partial charge in [-0.1, -0.05) is 64.1 Å². The molecule has 156 valence electrons. The summed E-state index contributed by atoms with van der Waals surface area (Å²) in [4.78, 5) is 0. The summed E-state index contributed by atoms with van der Waals surface area (Å²) in [5.74, 6) is 1.76. The highest BCUT2D eigenvalue weighted by atomic mass is 19.1. The van der Waals surface area contributed by atoms with Crippen LogP contribution < -0.4 is 4.57 Å². The fourth-order valence-corrected chi connectivity index (χ4v) is 4.79. The average molecular weight is 412 g/mol. The molecule has 2 nitrogen and oxygen atoms in total. The molecule has 4 aromatic rings. The summed E-state index contributed by atoms with van der Waals surface area (Å²) in [5.41, 5.74) is 8.65. The Kier molecular flexibility index (Phi) is 4.77. The monoisotopic (exact) mass is 411 g/mol. The third-order valence-electron chi connectivity index (χ3n) is 6.31. The van der Waals surface area contributed by atoms with Crippen molar-refractivity contribution in [1.82, 2.24) is 4.57 Å². The lowest BCUT2D eigenvalue weighted by atomic mass is 9.92. The van der Waals surface area contributed by atoms with Crippen LogP contribution in [0.25, 0.3) is 28.3 Å². The maximum Gasteiger partial charge on any atom is 0.295 e. The van der Waals surface area contributed by atoms with Gasteiger partial charge in [0.1, 0.15) is 24.2 Å². The van der Waals surface area contributed by atoms with E-state index in [1.807, 2.05) is 12.1 Å². The van der Waals surface area contributed by atoms with Gasteiger partial charge >= 0.3 is 0 Å². The molecule has 3 aromatic carbocycles. The third kappa shape index (κ3) is 3.20. The smallest absolute Gasteiger partial charge is 0.225 e. The molecule has 0 fully saturated rings. The van der Waals surface area contributed by atoms with Crippen LogP contribution in [-0.4, -0.2) is 4.57 Å². The van der Waals surface area contributed by atoms with Crippen molar-refractivity contribution in [2.75, 3.05) is 0 Å². The summed E-state index contributed by atoms with van der Waals surface area (Å²) in [5, 5.41) is 0. The summed E-state index contributed by atoms with van der Waals surface area (Å²) in [7, 11) is 0. The molecule has 0 saturated carbocycles. The Bertz CT molecular complexity index is 1240. The van der Waals surface area contributed by atoms with Crippen molar-refractivity contribution in [3.8, 4) is 28.3 Å². The van der Waals surface area contributed by atoms with Crippen molar-refractivity contribution in [2.24, 2.45) is 0 Å². The van der Waals surface area contributed by atoms with Crippen LogP contribution in [0.4, 0.5) is 4.39 Å². The van der Waals surface area contributed by atoms with E-state index in [-0.39, 0.29) is 5.82 Å². The molecule has 0 N–H and O–H groups in total. The number of hydrogen-bond donors (Lipinski definition) is 0. The number of rotatable bonds is 4. The van der Waals surface area contributed by atoms with E-state index in [1.165, 1.54) is 33.8 Å². The Labute approximate surface area is 183 Å². The van der Waals surface area contributed by atoms with Gasteiger partial charge in [0.05, 0.1) is 5.56 Å². The number of imidazole rings is 1. The number of benzene rings is 3. The van der Waals surface area contributed by atoms with Crippen LogP contribution >= 0.6 is 0 Å². The number of halogens is 1. The summed E-state index contributed by atoms with van der Waals surface area (Å²) >= 11 is 0. The van der Waals surface area contributed by atoms with Crippen LogP contribution in [0, 0.1) is 5.82 Å². The zero-order valence-corrected chi connectivity index (χ0v) is 18.6. The molecule has 0 bridgehead atoms. The van der Waals surface area contributed by atoms with Crippen LogP contribution in [0.5, 0.6) is 0 Å². The topological polar surface area (TPSA) is 8.81 Å². The SMILES string of the molecule is CC(C)c1cccc(C(C)C)c1-n1c(-c2ccc(F)cc2)c[n+]2c1-c1ccccc1C2. The minimum Gasteiger partial charge on any atom is -0.225 e. The van der Waals surface area contributed by atoms with Crippen molar-refractivity contribution in [3.05, 3.63) is 95.4 Å². The first-order chi connectivity index (χ1) is 15.0. The fourth-order valence-electron chi connectivity index (χ4n) is 4.79. The first kappa shape index (κ1) is 19.7. The maximum atomic E-state index is 13.7. The standard InChI is InChI=1S/C28H28FN2/c1-18(2)23-10-7-11-24(19(3)4)27(23)31-26(20-12-14-22(29)15-13-20)17-30-16-21-8-5-6-9-25(21)28(30)31/h5-15,17-19H,16H2,1-4H3/q+1. The summed E-state index contributed by atoms with van der Waals surface area (Å²) < 4.78 is 18.5. The molecule has 1 aromatic heterocycles. The van der Waals surface area contributed by atoms with Crippen LogP contribution in [0.3, 0.4) is 0 Å². The van der Waals surface area contributed by atoms with Gasteiger partial charge in [0.2, 0.25) is 0 Å². The normalized spacial score (nSPS) is 12.5. The summed E-state index contributed by atoms with van der Waals surface area (Å²) in [6, 6.07) is 22.2. The Morgan fingerprint density at radius 2 is 1.45 bits per heavy atom. The third-order valence-corrected chi connectivity index (χ3v) is 6.31. The number of nitrogens with zero attached hydrogens (tertiary/aromatic N) is 2. The molecule has 0 saturated heterocycles. The Morgan fingerprint density at radius 3 is 2.10 bits per heavy atom. The van der Waals surface area contributed by atoms with Gasteiger partial charge in [0.25, 0.3) is 5.82 Å². The van der Waals surface area contributed by atoms with Gasteiger partial charge in [0, 0.05) is 22.3 Å². The van der Waals surface area contributed by atoms with Crippen LogP contribution in [0.1, 0.15) is 56.2 Å². The van der Waals surface area contributed by atoms with E-state index in [4.69, 9.17) is 0 Å². The molecule has 0 unspecified atom stereocenters. The molecule has 0 aliphatic carbocycles. The van der Waals surface area contributed by atoms with Crippen molar-refractivity contribution in [3.63, 3.8) is 0 Å². The largest absolute Gasteiger partial charge is 0.295 e. The van der Waals surface area contributed by atoms with Gasteiger partial charge < -0.3 is 0 Å². The van der Waals surface area contributed by atoms with E-state index in [0.717, 1.165) is 17.8 Å². The molecule has 0 atom stereocenters. The zero-order chi connectivity index (χ0) is 21.7. The molecule has 0 amide bonds. The van der Waals surface area contributed by atoms with Gasteiger partial charge in [0.15, 0.2) is 5.69 Å². The van der Waals surface area contributed by atoms with Gasteiger partial charge in [-0.25, -0.2) is 8.96 Å². The van der Waals surface area contributed by atoms with Gasteiger partial charge in [-0.15, -0.1) is 0 Å². The number of aromatic nitrogens is 2. The number of hydrogen-bond acceptors (Lipinski definition) is 0. The highest BCUT2D eigenvalue weighted by Crippen LogP contribution is 2.39. The lowest BCUT2D eigenvalue weighted by molar-refractivity contribution is -0.670. The van der Waals surface area contributed by atoms with E-state index in [1.54, 1.807) is 12.1 Å². The van der Waals surface area contributed by atoms with Crippen molar-refractivity contribution >= 4 is 0 Å². The number of para-hydroxylation sites is 1. The first-order valence-corrected chi connectivity index (χ1v) is 11.1. The molecular weight excluding hydrogens is 383 g/mol. The highest BCUT2D eigenvalue weighted by Gasteiger charge is 2.36. The summed E-state index contributed by atoms with van der Waals surface area (Å²) in [6.07, 6.45) is 2.23. The molecule has 2 heterocycles. The Morgan fingerprint density at radius 1 is 0.806 bits per heavy atom. The van der Waals surface area contributed by atoms with E-state index >= 15 is 0 Å². The van der Waals surface area contributed by atoms with Gasteiger partial charge in [-0.05, 0) is 42.2 Å². The average Bonchev–Trinajstić information content (AvgIpc) is 3.29. The van der Waals surface area contributed by atoms with E-state index in [0.29, 0.717) is 11.8 Å². The predicted octanol–water partition coefficient (Wildman–Crippen LogP) is 6.85. The van der Waals surface area contributed by atoms with Gasteiger partial charge in [-0.3, -0.25) is 0 Å². The van der Waals surface area contributed by atoms with E-state index in [9.17, 15) is 4.39 Å². The first-order valence-electron chi connectivity index (χ1n) is 11.1. The Hall–Kier alpha value is -3.20. The van der Waals surface area contributed by atoms with Crippen molar-refractivity contribution in [1.29, 1.82) is 0 Å². The maximum absolute atomic E-state index is 13.7. The van der Waals surface area contributed by atoms with Crippen LogP contribution in [0.2, 0.25) is 0 Å². The zero-order valence-electron chi connectivity index (χ0n) is 18.6. The number of fused-ring (bicyclic) bond motifs is 3. The second-order valence-corrected chi connectivity index (χ2v) is 9.06. The van der Waals surface area contributed by atoms with E-state index < -0.39 is 0 Å². The fraction of sp³-hybridized carbons (Fsp3) is 0.250. The van der Waals surface area contributed by atoms with Gasteiger partial charge in [-0.2, -0.15) is 4.57 Å². The van der Waals surface area contributed by atoms with Crippen molar-refractivity contribution < 1.29 is 8.96 Å². The molecule has 0 spiro atoms. The lowest BCUT2D eigenvalue weighted by Crippen LogP contribution is -2.30. The van der Waals surface area contributed by atoms with Crippen LogP contribution in [-0.2, 0) is 6.54 Å². The molecule has 5 rings (SSSR count). The molecule has 31 heavy (non-hydrogen) atoms. The second-order valence-electron chi connectivity index (χ2n) is 9.06. The Balaban J connectivity index is 1.89. The second kappa shape index (κ2) is 7.49.